The minimum atomic E-state index is 0.226. The third kappa shape index (κ3) is 3.62. The molecule has 0 unspecified atom stereocenters. The molecule has 2 aromatic heterocycles. The highest BCUT2D eigenvalue weighted by molar-refractivity contribution is 5.43. The van der Waals surface area contributed by atoms with Crippen LogP contribution in [-0.4, -0.2) is 35.1 Å². The van der Waals surface area contributed by atoms with Crippen LogP contribution in [-0.2, 0) is 6.54 Å². The van der Waals surface area contributed by atoms with E-state index in [9.17, 15) is 0 Å². The van der Waals surface area contributed by atoms with Gasteiger partial charge in [-0.1, -0.05) is 0 Å². The molecule has 0 aromatic carbocycles. The van der Waals surface area contributed by atoms with Crippen LogP contribution in [0.4, 0.5) is 17.8 Å². The van der Waals surface area contributed by atoms with Crippen LogP contribution in [0.5, 0.6) is 0 Å². The number of anilines is 3. The maximum Gasteiger partial charge on any atom is 0.232 e. The summed E-state index contributed by atoms with van der Waals surface area (Å²) in [7, 11) is 1.90. The van der Waals surface area contributed by atoms with Gasteiger partial charge in [0.1, 0.15) is 11.5 Å². The number of furan rings is 1. The Kier molecular flexibility index (Phi) is 4.62. The minimum Gasteiger partial charge on any atom is -0.464 e. The van der Waals surface area contributed by atoms with E-state index in [1.54, 1.807) is 0 Å². The largest absolute Gasteiger partial charge is 0.464 e. The summed E-state index contributed by atoms with van der Waals surface area (Å²) < 4.78 is 5.57. The van der Waals surface area contributed by atoms with Gasteiger partial charge in [0.2, 0.25) is 17.8 Å². The van der Waals surface area contributed by atoms with E-state index in [0.29, 0.717) is 18.4 Å². The number of nitrogens with zero attached hydrogens (tertiary/aromatic N) is 5. The molecule has 0 amide bonds. The third-order valence-electron chi connectivity index (χ3n) is 3.21. The smallest absolute Gasteiger partial charge is 0.232 e. The molecule has 114 valence electrons. The SMILES string of the molecule is CCN(CC)c1nc(N)nc(N(C)Cc2ccc(C)o2)n1. The lowest BCUT2D eigenvalue weighted by molar-refractivity contribution is 0.480. The molecule has 0 aliphatic carbocycles. The summed E-state index contributed by atoms with van der Waals surface area (Å²) in [5.74, 6) is 3.11. The monoisotopic (exact) mass is 290 g/mol. The van der Waals surface area contributed by atoms with Crippen molar-refractivity contribution in [2.45, 2.75) is 27.3 Å². The summed E-state index contributed by atoms with van der Waals surface area (Å²) >= 11 is 0. The van der Waals surface area contributed by atoms with Gasteiger partial charge in [-0.2, -0.15) is 15.0 Å². The molecule has 2 aromatic rings. The van der Waals surface area contributed by atoms with Crippen molar-refractivity contribution in [3.8, 4) is 0 Å². The van der Waals surface area contributed by atoms with Crippen molar-refractivity contribution in [2.24, 2.45) is 0 Å². The van der Waals surface area contributed by atoms with Gasteiger partial charge in [-0.05, 0) is 32.9 Å². The maximum atomic E-state index is 5.80. The molecule has 0 atom stereocenters. The van der Waals surface area contributed by atoms with Crippen LogP contribution in [0.2, 0.25) is 0 Å². The van der Waals surface area contributed by atoms with E-state index in [4.69, 9.17) is 10.2 Å². The molecule has 7 heteroatoms. The van der Waals surface area contributed by atoms with Crippen LogP contribution in [0.15, 0.2) is 16.5 Å². The lowest BCUT2D eigenvalue weighted by atomic mass is 10.4. The van der Waals surface area contributed by atoms with Gasteiger partial charge >= 0.3 is 0 Å². The molecule has 2 N–H and O–H groups in total. The van der Waals surface area contributed by atoms with E-state index in [0.717, 1.165) is 24.6 Å². The lowest BCUT2D eigenvalue weighted by Crippen LogP contribution is -2.27. The van der Waals surface area contributed by atoms with Gasteiger partial charge in [-0.25, -0.2) is 0 Å². The van der Waals surface area contributed by atoms with Gasteiger partial charge in [-0.3, -0.25) is 0 Å². The quantitative estimate of drug-likeness (QED) is 0.868. The Balaban J connectivity index is 2.22. The van der Waals surface area contributed by atoms with Gasteiger partial charge in [0.15, 0.2) is 0 Å². The topological polar surface area (TPSA) is 84.3 Å². The lowest BCUT2D eigenvalue weighted by Gasteiger charge is -2.21. The predicted molar refractivity (Wildman–Crippen MR) is 83.4 cm³/mol. The standard InChI is InChI=1S/C14H22N6O/c1-5-20(6-2)14-17-12(15)16-13(18-14)19(4)9-11-8-7-10(3)21-11/h7-8H,5-6,9H2,1-4H3,(H2,15,16,17,18). The number of nitrogen functional groups attached to an aromatic ring is 1. The number of aryl methyl sites for hydroxylation is 1. The van der Waals surface area contributed by atoms with E-state index in [1.807, 2.05) is 35.9 Å². The Morgan fingerprint density at radius 1 is 1.10 bits per heavy atom. The Labute approximate surface area is 124 Å². The summed E-state index contributed by atoms with van der Waals surface area (Å²) in [4.78, 5) is 16.8. The molecule has 0 aliphatic rings. The second kappa shape index (κ2) is 6.43. The Morgan fingerprint density at radius 2 is 1.76 bits per heavy atom. The van der Waals surface area contributed by atoms with E-state index < -0.39 is 0 Å². The second-order valence-electron chi connectivity index (χ2n) is 4.83. The first-order valence-corrected chi connectivity index (χ1v) is 7.06. The number of aromatic nitrogens is 3. The Hall–Kier alpha value is -2.31. The number of hydrogen-bond acceptors (Lipinski definition) is 7. The van der Waals surface area contributed by atoms with E-state index >= 15 is 0 Å². The zero-order valence-electron chi connectivity index (χ0n) is 13.0. The Bertz CT molecular complexity index is 593. The summed E-state index contributed by atoms with van der Waals surface area (Å²) in [5.41, 5.74) is 5.80. The average molecular weight is 290 g/mol. The summed E-state index contributed by atoms with van der Waals surface area (Å²) in [6, 6.07) is 3.88. The van der Waals surface area contributed by atoms with Crippen molar-refractivity contribution in [1.82, 2.24) is 15.0 Å². The van der Waals surface area contributed by atoms with Crippen LogP contribution in [0.1, 0.15) is 25.4 Å². The summed E-state index contributed by atoms with van der Waals surface area (Å²) in [6.45, 7) is 8.25. The highest BCUT2D eigenvalue weighted by Gasteiger charge is 2.13. The minimum absolute atomic E-state index is 0.226. The number of hydrogen-bond donors (Lipinski definition) is 1. The first-order valence-electron chi connectivity index (χ1n) is 7.06. The predicted octanol–water partition coefficient (Wildman–Crippen LogP) is 1.84. The highest BCUT2D eigenvalue weighted by atomic mass is 16.3. The van der Waals surface area contributed by atoms with Crippen LogP contribution in [0.3, 0.4) is 0 Å². The van der Waals surface area contributed by atoms with Crippen molar-refractivity contribution in [3.63, 3.8) is 0 Å². The first kappa shape index (κ1) is 15.1. The van der Waals surface area contributed by atoms with Crippen LogP contribution >= 0.6 is 0 Å². The van der Waals surface area contributed by atoms with E-state index in [-0.39, 0.29) is 5.95 Å². The molecule has 2 rings (SSSR count). The Morgan fingerprint density at radius 3 is 2.33 bits per heavy atom. The molecule has 0 aliphatic heterocycles. The molecule has 21 heavy (non-hydrogen) atoms. The molecule has 0 spiro atoms. The van der Waals surface area contributed by atoms with Crippen molar-refractivity contribution in [1.29, 1.82) is 0 Å². The molecule has 0 radical (unpaired) electrons. The van der Waals surface area contributed by atoms with Crippen molar-refractivity contribution in [2.75, 3.05) is 35.7 Å². The fourth-order valence-corrected chi connectivity index (χ4v) is 2.06. The van der Waals surface area contributed by atoms with Crippen molar-refractivity contribution in [3.05, 3.63) is 23.7 Å². The highest BCUT2D eigenvalue weighted by Crippen LogP contribution is 2.17. The molecular formula is C14H22N6O. The normalized spacial score (nSPS) is 10.7. The fourth-order valence-electron chi connectivity index (χ4n) is 2.06. The molecule has 0 fully saturated rings. The maximum absolute atomic E-state index is 5.80. The average Bonchev–Trinajstić information content (AvgIpc) is 2.85. The van der Waals surface area contributed by atoms with Gasteiger partial charge in [0, 0.05) is 20.1 Å². The summed E-state index contributed by atoms with van der Waals surface area (Å²) in [6.07, 6.45) is 0. The van der Waals surface area contributed by atoms with Gasteiger partial charge in [0.25, 0.3) is 0 Å². The molecule has 0 saturated carbocycles. The fraction of sp³-hybridized carbons (Fsp3) is 0.500. The molecule has 0 bridgehead atoms. The second-order valence-corrected chi connectivity index (χ2v) is 4.83. The third-order valence-corrected chi connectivity index (χ3v) is 3.21. The number of nitrogens with two attached hydrogens (primary N) is 1. The molecule has 7 nitrogen and oxygen atoms in total. The zero-order chi connectivity index (χ0) is 15.4. The molecular weight excluding hydrogens is 268 g/mol. The van der Waals surface area contributed by atoms with E-state index in [2.05, 4.69) is 28.8 Å². The van der Waals surface area contributed by atoms with Gasteiger partial charge in [0.05, 0.1) is 6.54 Å². The zero-order valence-corrected chi connectivity index (χ0v) is 13.0. The van der Waals surface area contributed by atoms with Gasteiger partial charge < -0.3 is 20.0 Å². The van der Waals surface area contributed by atoms with Crippen LogP contribution in [0, 0.1) is 6.92 Å². The first-order chi connectivity index (χ1) is 10.0. The van der Waals surface area contributed by atoms with Gasteiger partial charge in [-0.15, -0.1) is 0 Å². The molecule has 0 saturated heterocycles. The number of rotatable bonds is 6. The van der Waals surface area contributed by atoms with Crippen molar-refractivity contribution >= 4 is 17.8 Å². The van der Waals surface area contributed by atoms with Crippen LogP contribution < -0.4 is 15.5 Å². The van der Waals surface area contributed by atoms with Crippen LogP contribution in [0.25, 0.3) is 0 Å². The molecule has 2 heterocycles. The van der Waals surface area contributed by atoms with Crippen molar-refractivity contribution < 1.29 is 4.42 Å². The summed E-state index contributed by atoms with van der Waals surface area (Å²) in [5, 5.41) is 0. The van der Waals surface area contributed by atoms with E-state index in [1.165, 1.54) is 0 Å².